The standard InChI is InChI=1S/C22H24N2O5/c1-4-5-13-27-18-12-11-17(14-19(18)26-3)22(25)28-15(2)20-23-24-21(29-20)16-9-7-6-8-10-16/h6-12,14-15H,4-5,13H2,1-3H3/t15-/m0/s1. The highest BCUT2D eigenvalue weighted by atomic mass is 16.6. The van der Waals surface area contributed by atoms with E-state index in [9.17, 15) is 4.79 Å². The number of carbonyl (C=O) groups is 1. The molecule has 3 aromatic rings. The molecule has 7 nitrogen and oxygen atoms in total. The number of unbranched alkanes of at least 4 members (excludes halogenated alkanes) is 1. The number of methoxy groups -OCH3 is 1. The predicted octanol–water partition coefficient (Wildman–Crippen LogP) is 4.84. The molecular formula is C22H24N2O5. The molecule has 0 spiro atoms. The Morgan fingerprint density at radius 3 is 2.62 bits per heavy atom. The number of rotatable bonds is 9. The number of ether oxygens (including phenoxy) is 3. The molecule has 0 bridgehead atoms. The SMILES string of the molecule is CCCCOc1ccc(C(=O)O[C@@H](C)c2nnc(-c3ccccc3)o2)cc1OC. The van der Waals surface area contributed by atoms with Crippen LogP contribution in [-0.4, -0.2) is 29.9 Å². The molecule has 1 aromatic heterocycles. The fourth-order valence-electron chi connectivity index (χ4n) is 2.62. The summed E-state index contributed by atoms with van der Waals surface area (Å²) in [7, 11) is 1.53. The van der Waals surface area contributed by atoms with Crippen molar-refractivity contribution in [3.63, 3.8) is 0 Å². The molecule has 0 saturated carbocycles. The second kappa shape index (κ2) is 9.73. The smallest absolute Gasteiger partial charge is 0.339 e. The summed E-state index contributed by atoms with van der Waals surface area (Å²) in [6, 6.07) is 14.3. The zero-order valence-corrected chi connectivity index (χ0v) is 16.8. The van der Waals surface area contributed by atoms with E-state index < -0.39 is 12.1 Å². The van der Waals surface area contributed by atoms with Gasteiger partial charge in [-0.2, -0.15) is 0 Å². The molecule has 7 heteroatoms. The Labute approximate surface area is 169 Å². The minimum Gasteiger partial charge on any atom is -0.493 e. The molecule has 0 aliphatic rings. The number of hydrogen-bond acceptors (Lipinski definition) is 7. The van der Waals surface area contributed by atoms with E-state index in [-0.39, 0.29) is 5.89 Å². The van der Waals surface area contributed by atoms with Crippen LogP contribution in [-0.2, 0) is 4.74 Å². The molecule has 0 fully saturated rings. The Morgan fingerprint density at radius 1 is 1.10 bits per heavy atom. The van der Waals surface area contributed by atoms with Gasteiger partial charge < -0.3 is 18.6 Å². The second-order valence-corrected chi connectivity index (χ2v) is 6.43. The van der Waals surface area contributed by atoms with Crippen LogP contribution in [0.25, 0.3) is 11.5 Å². The normalized spacial score (nSPS) is 11.7. The lowest BCUT2D eigenvalue weighted by Crippen LogP contribution is -2.10. The highest BCUT2D eigenvalue weighted by Gasteiger charge is 2.21. The Kier molecular flexibility index (Phi) is 6.84. The van der Waals surface area contributed by atoms with Gasteiger partial charge in [-0.3, -0.25) is 0 Å². The van der Waals surface area contributed by atoms with Gasteiger partial charge in [0, 0.05) is 5.56 Å². The van der Waals surface area contributed by atoms with Gasteiger partial charge in [0.1, 0.15) is 0 Å². The molecule has 0 aliphatic heterocycles. The van der Waals surface area contributed by atoms with Crippen LogP contribution in [0.2, 0.25) is 0 Å². The summed E-state index contributed by atoms with van der Waals surface area (Å²) in [5.41, 5.74) is 1.15. The first-order valence-electron chi connectivity index (χ1n) is 9.53. The van der Waals surface area contributed by atoms with Crippen molar-refractivity contribution in [2.45, 2.75) is 32.8 Å². The third-order valence-electron chi connectivity index (χ3n) is 4.25. The molecule has 3 rings (SSSR count). The summed E-state index contributed by atoms with van der Waals surface area (Å²) in [6.45, 7) is 4.36. The Hall–Kier alpha value is -3.35. The van der Waals surface area contributed by atoms with E-state index in [4.69, 9.17) is 18.6 Å². The quantitative estimate of drug-likeness (QED) is 0.378. The van der Waals surface area contributed by atoms with Crippen molar-refractivity contribution < 1.29 is 23.4 Å². The molecule has 29 heavy (non-hydrogen) atoms. The predicted molar refractivity (Wildman–Crippen MR) is 107 cm³/mol. The van der Waals surface area contributed by atoms with Gasteiger partial charge in [0.25, 0.3) is 5.89 Å². The number of carbonyl (C=O) groups excluding carboxylic acids is 1. The summed E-state index contributed by atoms with van der Waals surface area (Å²) in [5, 5.41) is 8.01. The molecule has 152 valence electrons. The first kappa shape index (κ1) is 20.4. The minimum atomic E-state index is -0.695. The Balaban J connectivity index is 1.67. The van der Waals surface area contributed by atoms with Crippen molar-refractivity contribution >= 4 is 5.97 Å². The van der Waals surface area contributed by atoms with E-state index >= 15 is 0 Å². The molecular weight excluding hydrogens is 372 g/mol. The Morgan fingerprint density at radius 2 is 1.90 bits per heavy atom. The first-order valence-corrected chi connectivity index (χ1v) is 9.53. The number of esters is 1. The summed E-state index contributed by atoms with van der Waals surface area (Å²) >= 11 is 0. The van der Waals surface area contributed by atoms with Gasteiger partial charge in [-0.1, -0.05) is 31.5 Å². The average molecular weight is 396 g/mol. The van der Waals surface area contributed by atoms with Crippen LogP contribution in [0, 0.1) is 0 Å². The van der Waals surface area contributed by atoms with Gasteiger partial charge in [0.15, 0.2) is 17.6 Å². The van der Waals surface area contributed by atoms with Crippen molar-refractivity contribution in [1.29, 1.82) is 0 Å². The van der Waals surface area contributed by atoms with Crippen molar-refractivity contribution in [2.24, 2.45) is 0 Å². The summed E-state index contributed by atoms with van der Waals surface area (Å²) in [5.74, 6) is 1.15. The van der Waals surface area contributed by atoms with Gasteiger partial charge >= 0.3 is 5.97 Å². The third kappa shape index (κ3) is 5.13. The van der Waals surface area contributed by atoms with E-state index in [0.717, 1.165) is 18.4 Å². The molecule has 0 radical (unpaired) electrons. The largest absolute Gasteiger partial charge is 0.493 e. The van der Waals surface area contributed by atoms with E-state index in [1.165, 1.54) is 7.11 Å². The van der Waals surface area contributed by atoms with Crippen LogP contribution < -0.4 is 9.47 Å². The van der Waals surface area contributed by atoms with Crippen molar-refractivity contribution in [3.8, 4) is 23.0 Å². The van der Waals surface area contributed by atoms with Crippen molar-refractivity contribution in [2.75, 3.05) is 13.7 Å². The monoisotopic (exact) mass is 396 g/mol. The van der Waals surface area contributed by atoms with Crippen molar-refractivity contribution in [3.05, 3.63) is 60.0 Å². The van der Waals surface area contributed by atoms with Crippen LogP contribution in [0.15, 0.2) is 52.9 Å². The fraction of sp³-hybridized carbons (Fsp3) is 0.318. The minimum absolute atomic E-state index is 0.226. The van der Waals surface area contributed by atoms with E-state index in [1.807, 2.05) is 30.3 Å². The van der Waals surface area contributed by atoms with Gasteiger partial charge in [0.2, 0.25) is 5.89 Å². The maximum Gasteiger partial charge on any atom is 0.339 e. The summed E-state index contributed by atoms with van der Waals surface area (Å²) < 4.78 is 22.1. The second-order valence-electron chi connectivity index (χ2n) is 6.43. The number of benzene rings is 2. The summed E-state index contributed by atoms with van der Waals surface area (Å²) in [6.07, 6.45) is 1.28. The first-order chi connectivity index (χ1) is 14.1. The van der Waals surface area contributed by atoms with Crippen LogP contribution in [0.1, 0.15) is 49.0 Å². The lowest BCUT2D eigenvalue weighted by atomic mass is 10.2. The maximum atomic E-state index is 12.5. The van der Waals surface area contributed by atoms with Gasteiger partial charge in [-0.15, -0.1) is 10.2 Å². The van der Waals surface area contributed by atoms with Crippen LogP contribution in [0.4, 0.5) is 0 Å². The van der Waals surface area contributed by atoms with Crippen LogP contribution in [0.3, 0.4) is 0 Å². The molecule has 2 aromatic carbocycles. The molecule has 0 saturated heterocycles. The third-order valence-corrected chi connectivity index (χ3v) is 4.25. The van der Waals surface area contributed by atoms with Crippen LogP contribution in [0.5, 0.6) is 11.5 Å². The number of aromatic nitrogens is 2. The van der Waals surface area contributed by atoms with Gasteiger partial charge in [-0.25, -0.2) is 4.79 Å². The molecule has 1 atom stereocenters. The van der Waals surface area contributed by atoms with E-state index in [0.29, 0.717) is 29.6 Å². The molecule has 0 N–H and O–H groups in total. The van der Waals surface area contributed by atoms with Gasteiger partial charge in [-0.05, 0) is 43.7 Å². The zero-order valence-electron chi connectivity index (χ0n) is 16.8. The molecule has 0 aliphatic carbocycles. The molecule has 0 amide bonds. The van der Waals surface area contributed by atoms with Gasteiger partial charge in [0.05, 0.1) is 19.3 Å². The average Bonchev–Trinajstić information content (AvgIpc) is 3.25. The molecule has 0 unspecified atom stereocenters. The highest BCUT2D eigenvalue weighted by molar-refractivity contribution is 5.90. The van der Waals surface area contributed by atoms with Crippen LogP contribution >= 0.6 is 0 Å². The van der Waals surface area contributed by atoms with Crippen molar-refractivity contribution in [1.82, 2.24) is 10.2 Å². The summed E-state index contributed by atoms with van der Waals surface area (Å²) in [4.78, 5) is 12.5. The number of nitrogens with zero attached hydrogens (tertiary/aromatic N) is 2. The zero-order chi connectivity index (χ0) is 20.6. The number of hydrogen-bond donors (Lipinski definition) is 0. The Bertz CT molecular complexity index is 939. The molecule has 1 heterocycles. The highest BCUT2D eigenvalue weighted by Crippen LogP contribution is 2.29. The van der Waals surface area contributed by atoms with E-state index in [2.05, 4.69) is 17.1 Å². The lowest BCUT2D eigenvalue weighted by molar-refractivity contribution is 0.0279. The maximum absolute atomic E-state index is 12.5. The lowest BCUT2D eigenvalue weighted by Gasteiger charge is -2.13. The van der Waals surface area contributed by atoms with E-state index in [1.54, 1.807) is 25.1 Å². The fourth-order valence-corrected chi connectivity index (χ4v) is 2.62. The topological polar surface area (TPSA) is 83.7 Å².